The van der Waals surface area contributed by atoms with Crippen LogP contribution in [0.25, 0.3) is 0 Å². The van der Waals surface area contributed by atoms with Crippen molar-refractivity contribution < 1.29 is 5.11 Å². The molecule has 17 heavy (non-hydrogen) atoms. The number of aliphatic hydroxyl groups is 1. The Balaban J connectivity index is 2.65. The fraction of sp³-hybridized carbons (Fsp3) is 0.600. The van der Waals surface area contributed by atoms with Gasteiger partial charge < -0.3 is 10.4 Å². The van der Waals surface area contributed by atoms with Crippen LogP contribution in [0.1, 0.15) is 37.5 Å². The summed E-state index contributed by atoms with van der Waals surface area (Å²) < 4.78 is 0. The molecule has 1 rings (SSSR count). The molecule has 0 bridgehead atoms. The standard InChI is InChI=1S/C15H25NO/c1-11(2)16-10-15(5,17)9-14-7-6-12(3)13(4)8-14/h6-8,11,16-17H,9-10H2,1-5H3. The van der Waals surface area contributed by atoms with Crippen molar-refractivity contribution in [3.63, 3.8) is 0 Å². The summed E-state index contributed by atoms with van der Waals surface area (Å²) in [6.07, 6.45) is 0.688. The van der Waals surface area contributed by atoms with Crippen molar-refractivity contribution in [3.8, 4) is 0 Å². The van der Waals surface area contributed by atoms with Crippen LogP contribution in [0.2, 0.25) is 0 Å². The van der Waals surface area contributed by atoms with Crippen LogP contribution < -0.4 is 5.32 Å². The van der Waals surface area contributed by atoms with E-state index in [0.29, 0.717) is 19.0 Å². The minimum absolute atomic E-state index is 0.404. The van der Waals surface area contributed by atoms with Gasteiger partial charge in [0.2, 0.25) is 0 Å². The predicted molar refractivity (Wildman–Crippen MR) is 73.4 cm³/mol. The maximum atomic E-state index is 10.3. The van der Waals surface area contributed by atoms with Gasteiger partial charge in [-0.25, -0.2) is 0 Å². The molecule has 0 saturated heterocycles. The van der Waals surface area contributed by atoms with Gasteiger partial charge in [0, 0.05) is 19.0 Å². The number of rotatable bonds is 5. The van der Waals surface area contributed by atoms with Crippen LogP contribution >= 0.6 is 0 Å². The van der Waals surface area contributed by atoms with Gasteiger partial charge >= 0.3 is 0 Å². The van der Waals surface area contributed by atoms with Crippen LogP contribution in [0.5, 0.6) is 0 Å². The van der Waals surface area contributed by atoms with E-state index in [4.69, 9.17) is 0 Å². The molecule has 0 amide bonds. The molecular formula is C15H25NO. The number of nitrogens with one attached hydrogen (secondary N) is 1. The Labute approximate surface area is 105 Å². The highest BCUT2D eigenvalue weighted by atomic mass is 16.3. The molecule has 0 aliphatic carbocycles. The Morgan fingerprint density at radius 3 is 2.41 bits per heavy atom. The third-order valence-electron chi connectivity index (χ3n) is 3.05. The summed E-state index contributed by atoms with van der Waals surface area (Å²) in [4.78, 5) is 0. The van der Waals surface area contributed by atoms with Crippen LogP contribution in [0.4, 0.5) is 0 Å². The van der Waals surface area contributed by atoms with Crippen molar-refractivity contribution in [2.75, 3.05) is 6.54 Å². The number of aryl methyl sites for hydroxylation is 2. The maximum absolute atomic E-state index is 10.3. The molecule has 0 aliphatic rings. The number of hydrogen-bond acceptors (Lipinski definition) is 2. The molecule has 2 nitrogen and oxygen atoms in total. The topological polar surface area (TPSA) is 32.3 Å². The fourth-order valence-electron chi connectivity index (χ4n) is 1.84. The highest BCUT2D eigenvalue weighted by molar-refractivity contribution is 5.30. The molecule has 1 atom stereocenters. The molecule has 1 unspecified atom stereocenters. The predicted octanol–water partition coefficient (Wildman–Crippen LogP) is 2.59. The lowest BCUT2D eigenvalue weighted by Crippen LogP contribution is -2.42. The van der Waals surface area contributed by atoms with Crippen molar-refractivity contribution in [1.29, 1.82) is 0 Å². The molecule has 0 saturated carbocycles. The molecule has 2 heteroatoms. The SMILES string of the molecule is Cc1ccc(CC(C)(O)CNC(C)C)cc1C. The van der Waals surface area contributed by atoms with Crippen LogP contribution in [-0.4, -0.2) is 23.3 Å². The van der Waals surface area contributed by atoms with Gasteiger partial charge in [-0.3, -0.25) is 0 Å². The first-order chi connectivity index (χ1) is 7.80. The van der Waals surface area contributed by atoms with E-state index in [0.717, 1.165) is 0 Å². The second-order valence-electron chi connectivity index (χ2n) is 5.63. The Morgan fingerprint density at radius 1 is 1.24 bits per heavy atom. The smallest absolute Gasteiger partial charge is 0.0783 e. The summed E-state index contributed by atoms with van der Waals surface area (Å²) in [5.41, 5.74) is 3.10. The van der Waals surface area contributed by atoms with Crippen LogP contribution in [0.15, 0.2) is 18.2 Å². The zero-order valence-electron chi connectivity index (χ0n) is 11.7. The van der Waals surface area contributed by atoms with Crippen molar-refractivity contribution >= 4 is 0 Å². The molecular weight excluding hydrogens is 210 g/mol. The second kappa shape index (κ2) is 5.65. The maximum Gasteiger partial charge on any atom is 0.0783 e. The molecule has 0 spiro atoms. The quantitative estimate of drug-likeness (QED) is 0.822. The Hall–Kier alpha value is -0.860. The van der Waals surface area contributed by atoms with E-state index in [9.17, 15) is 5.11 Å². The summed E-state index contributed by atoms with van der Waals surface area (Å²) >= 11 is 0. The fourth-order valence-corrected chi connectivity index (χ4v) is 1.84. The van der Waals surface area contributed by atoms with Crippen LogP contribution in [0.3, 0.4) is 0 Å². The normalized spacial score (nSPS) is 15.0. The van der Waals surface area contributed by atoms with Crippen molar-refractivity contribution in [2.45, 2.75) is 52.7 Å². The minimum Gasteiger partial charge on any atom is -0.389 e. The average Bonchev–Trinajstić information content (AvgIpc) is 2.21. The van der Waals surface area contributed by atoms with Gasteiger partial charge in [0.25, 0.3) is 0 Å². The summed E-state index contributed by atoms with van der Waals surface area (Å²) in [5.74, 6) is 0. The van der Waals surface area contributed by atoms with Crippen LogP contribution in [-0.2, 0) is 6.42 Å². The Morgan fingerprint density at radius 2 is 1.88 bits per heavy atom. The monoisotopic (exact) mass is 235 g/mol. The minimum atomic E-state index is -0.689. The third-order valence-corrected chi connectivity index (χ3v) is 3.05. The second-order valence-corrected chi connectivity index (χ2v) is 5.63. The largest absolute Gasteiger partial charge is 0.389 e. The molecule has 0 aliphatic heterocycles. The first-order valence-electron chi connectivity index (χ1n) is 6.32. The molecule has 2 N–H and O–H groups in total. The summed E-state index contributed by atoms with van der Waals surface area (Å²) in [6, 6.07) is 6.79. The molecule has 0 fully saturated rings. The zero-order chi connectivity index (χ0) is 13.1. The van der Waals surface area contributed by atoms with E-state index in [-0.39, 0.29) is 0 Å². The van der Waals surface area contributed by atoms with Crippen LogP contribution in [0, 0.1) is 13.8 Å². The summed E-state index contributed by atoms with van der Waals surface area (Å²) in [6.45, 7) is 10.9. The highest BCUT2D eigenvalue weighted by Gasteiger charge is 2.21. The third kappa shape index (κ3) is 4.88. The van der Waals surface area contributed by atoms with E-state index >= 15 is 0 Å². The number of hydrogen-bond donors (Lipinski definition) is 2. The van der Waals surface area contributed by atoms with E-state index in [1.54, 1.807) is 0 Å². The molecule has 1 aromatic carbocycles. The van der Waals surface area contributed by atoms with Crippen molar-refractivity contribution in [3.05, 3.63) is 34.9 Å². The summed E-state index contributed by atoms with van der Waals surface area (Å²) in [7, 11) is 0. The van der Waals surface area contributed by atoms with E-state index in [1.165, 1.54) is 16.7 Å². The van der Waals surface area contributed by atoms with Gasteiger partial charge in [-0.15, -0.1) is 0 Å². The first-order valence-corrected chi connectivity index (χ1v) is 6.32. The Kier molecular flexibility index (Phi) is 4.72. The molecule has 0 radical (unpaired) electrons. The molecule has 0 heterocycles. The molecule has 0 aromatic heterocycles. The van der Waals surface area contributed by atoms with Gasteiger partial charge in [0.15, 0.2) is 0 Å². The Bertz CT molecular complexity index is 369. The van der Waals surface area contributed by atoms with E-state index < -0.39 is 5.60 Å². The lowest BCUT2D eigenvalue weighted by Gasteiger charge is -2.25. The first kappa shape index (κ1) is 14.2. The summed E-state index contributed by atoms with van der Waals surface area (Å²) in [5, 5.41) is 13.6. The van der Waals surface area contributed by atoms with Gasteiger partial charge in [-0.1, -0.05) is 32.0 Å². The van der Waals surface area contributed by atoms with E-state index in [2.05, 4.69) is 51.2 Å². The van der Waals surface area contributed by atoms with E-state index in [1.807, 2.05) is 6.92 Å². The van der Waals surface area contributed by atoms with Crippen molar-refractivity contribution in [2.24, 2.45) is 0 Å². The molecule has 96 valence electrons. The zero-order valence-corrected chi connectivity index (χ0v) is 11.7. The van der Waals surface area contributed by atoms with Gasteiger partial charge in [-0.05, 0) is 37.5 Å². The van der Waals surface area contributed by atoms with Gasteiger partial charge in [0.05, 0.1) is 5.60 Å². The van der Waals surface area contributed by atoms with Gasteiger partial charge in [0.1, 0.15) is 0 Å². The molecule has 1 aromatic rings. The van der Waals surface area contributed by atoms with Gasteiger partial charge in [-0.2, -0.15) is 0 Å². The number of benzene rings is 1. The van der Waals surface area contributed by atoms with Crippen molar-refractivity contribution in [1.82, 2.24) is 5.32 Å². The average molecular weight is 235 g/mol. The lowest BCUT2D eigenvalue weighted by molar-refractivity contribution is 0.0581. The lowest BCUT2D eigenvalue weighted by atomic mass is 9.94. The highest BCUT2D eigenvalue weighted by Crippen LogP contribution is 2.16.